The zero-order valence-electron chi connectivity index (χ0n) is 7.23. The molecule has 1 aliphatic heterocycles. The highest BCUT2D eigenvalue weighted by Gasteiger charge is 2.19. The molecule has 0 unspecified atom stereocenters. The zero-order chi connectivity index (χ0) is 9.26. The smallest absolute Gasteiger partial charge is 0.358 e. The van der Waals surface area contributed by atoms with Crippen molar-refractivity contribution in [2.24, 2.45) is 0 Å². The van der Waals surface area contributed by atoms with Crippen molar-refractivity contribution in [3.8, 4) is 0 Å². The summed E-state index contributed by atoms with van der Waals surface area (Å²) in [6, 6.07) is 0. The van der Waals surface area contributed by atoms with Crippen molar-refractivity contribution < 1.29 is 9.90 Å². The Morgan fingerprint density at radius 2 is 2.23 bits per heavy atom. The third-order valence-corrected chi connectivity index (χ3v) is 2.32. The topological polar surface area (TPSA) is 68.0 Å². The van der Waals surface area contributed by atoms with Crippen LogP contribution in [0.4, 0.5) is 0 Å². The molecule has 2 rings (SSSR count). The Bertz CT molecular complexity index is 332. The maximum Gasteiger partial charge on any atom is 0.358 e. The van der Waals surface area contributed by atoms with E-state index in [0.717, 1.165) is 37.9 Å². The zero-order valence-corrected chi connectivity index (χ0v) is 7.23. The molecule has 1 aromatic rings. The van der Waals surface area contributed by atoms with Crippen LogP contribution >= 0.6 is 0 Å². The maximum atomic E-state index is 10.7. The number of aryl methyl sites for hydroxylation is 1. The van der Waals surface area contributed by atoms with E-state index in [-0.39, 0.29) is 5.69 Å². The molecule has 1 N–H and O–H groups in total. The third kappa shape index (κ3) is 1.41. The number of nitrogens with zero attached hydrogens (tertiary/aromatic N) is 3. The first kappa shape index (κ1) is 8.22. The summed E-state index contributed by atoms with van der Waals surface area (Å²) in [5, 5.41) is 16.3. The van der Waals surface area contributed by atoms with Gasteiger partial charge >= 0.3 is 5.97 Å². The van der Waals surface area contributed by atoms with Gasteiger partial charge in [-0.1, -0.05) is 11.6 Å². The lowest BCUT2D eigenvalue weighted by Gasteiger charge is -1.98. The lowest BCUT2D eigenvalue weighted by Crippen LogP contribution is -2.05. The number of carboxylic acids is 1. The average Bonchev–Trinajstić information content (AvgIpc) is 2.36. The standard InChI is InChI=1S/C8H11N3O2/c12-8(13)7-6-4-2-1-3-5-11(6)10-9-7/h1-5H2,(H,12,13). The van der Waals surface area contributed by atoms with E-state index in [2.05, 4.69) is 10.3 Å². The number of hydrogen-bond acceptors (Lipinski definition) is 3. The van der Waals surface area contributed by atoms with Crippen LogP contribution in [0.3, 0.4) is 0 Å². The van der Waals surface area contributed by atoms with E-state index in [0.29, 0.717) is 0 Å². The van der Waals surface area contributed by atoms with Gasteiger partial charge in [-0.3, -0.25) is 0 Å². The summed E-state index contributed by atoms with van der Waals surface area (Å²) in [6.07, 6.45) is 4.03. The minimum Gasteiger partial charge on any atom is -0.476 e. The van der Waals surface area contributed by atoms with Crippen LogP contribution in [0.2, 0.25) is 0 Å². The monoisotopic (exact) mass is 181 g/mol. The van der Waals surface area contributed by atoms with Gasteiger partial charge < -0.3 is 5.11 Å². The van der Waals surface area contributed by atoms with Crippen molar-refractivity contribution in [1.82, 2.24) is 15.0 Å². The quantitative estimate of drug-likeness (QED) is 0.692. The molecule has 0 saturated heterocycles. The second-order valence-corrected chi connectivity index (χ2v) is 3.22. The number of rotatable bonds is 1. The molecule has 0 aromatic carbocycles. The highest BCUT2D eigenvalue weighted by atomic mass is 16.4. The largest absolute Gasteiger partial charge is 0.476 e. The third-order valence-electron chi connectivity index (χ3n) is 2.32. The van der Waals surface area contributed by atoms with Crippen LogP contribution in [0.1, 0.15) is 35.4 Å². The van der Waals surface area contributed by atoms with Crippen LogP contribution in [0.15, 0.2) is 0 Å². The SMILES string of the molecule is O=C(O)c1nnn2c1CCCCC2. The predicted octanol–water partition coefficient (Wildman–Crippen LogP) is 0.703. The molecule has 70 valence electrons. The molecule has 5 heteroatoms. The number of fused-ring (bicyclic) bond motifs is 1. The van der Waals surface area contributed by atoms with Gasteiger partial charge in [0.15, 0.2) is 5.69 Å². The fourth-order valence-corrected chi connectivity index (χ4v) is 1.66. The van der Waals surface area contributed by atoms with Gasteiger partial charge in [-0.2, -0.15) is 0 Å². The predicted molar refractivity (Wildman–Crippen MR) is 44.5 cm³/mol. The highest BCUT2D eigenvalue weighted by molar-refractivity contribution is 5.86. The first-order valence-electron chi connectivity index (χ1n) is 4.44. The maximum absolute atomic E-state index is 10.7. The van der Waals surface area contributed by atoms with Gasteiger partial charge in [0, 0.05) is 6.54 Å². The van der Waals surface area contributed by atoms with Crippen molar-refractivity contribution in [3.05, 3.63) is 11.4 Å². The van der Waals surface area contributed by atoms with Crippen LogP contribution < -0.4 is 0 Å². The van der Waals surface area contributed by atoms with Gasteiger partial charge in [-0.05, 0) is 19.3 Å². The van der Waals surface area contributed by atoms with Crippen molar-refractivity contribution in [2.75, 3.05) is 0 Å². The number of carboxylic acid groups (broad SMARTS) is 1. The molecule has 0 aliphatic carbocycles. The number of aromatic nitrogens is 3. The minimum absolute atomic E-state index is 0.127. The first-order chi connectivity index (χ1) is 6.29. The van der Waals surface area contributed by atoms with Crippen molar-refractivity contribution >= 4 is 5.97 Å². The normalized spacial score (nSPS) is 16.3. The summed E-state index contributed by atoms with van der Waals surface area (Å²) in [5.74, 6) is -0.969. The fourth-order valence-electron chi connectivity index (χ4n) is 1.66. The molecule has 0 bridgehead atoms. The van der Waals surface area contributed by atoms with Crippen LogP contribution in [0.5, 0.6) is 0 Å². The minimum atomic E-state index is -0.969. The molecule has 1 aliphatic rings. The van der Waals surface area contributed by atoms with Gasteiger partial charge in [0.05, 0.1) is 5.69 Å². The Labute approximate surface area is 75.4 Å². The number of aromatic carboxylic acids is 1. The van der Waals surface area contributed by atoms with E-state index in [9.17, 15) is 4.79 Å². The second-order valence-electron chi connectivity index (χ2n) is 3.22. The molecule has 13 heavy (non-hydrogen) atoms. The fraction of sp³-hybridized carbons (Fsp3) is 0.625. The molecule has 0 fully saturated rings. The summed E-state index contributed by atoms with van der Waals surface area (Å²) < 4.78 is 1.72. The van der Waals surface area contributed by atoms with E-state index in [1.807, 2.05) is 0 Å². The van der Waals surface area contributed by atoms with Crippen molar-refractivity contribution in [3.63, 3.8) is 0 Å². The Hall–Kier alpha value is -1.39. The highest BCUT2D eigenvalue weighted by Crippen LogP contribution is 2.15. The molecule has 0 radical (unpaired) electrons. The Kier molecular flexibility index (Phi) is 2.00. The summed E-state index contributed by atoms with van der Waals surface area (Å²) in [7, 11) is 0. The Balaban J connectivity index is 2.39. The average molecular weight is 181 g/mol. The van der Waals surface area contributed by atoms with Crippen LogP contribution in [0.25, 0.3) is 0 Å². The first-order valence-corrected chi connectivity index (χ1v) is 4.44. The van der Waals surface area contributed by atoms with E-state index < -0.39 is 5.97 Å². The van der Waals surface area contributed by atoms with Crippen molar-refractivity contribution in [1.29, 1.82) is 0 Å². The van der Waals surface area contributed by atoms with Gasteiger partial charge in [0.1, 0.15) is 0 Å². The van der Waals surface area contributed by atoms with E-state index in [4.69, 9.17) is 5.11 Å². The van der Waals surface area contributed by atoms with E-state index >= 15 is 0 Å². The molecule has 0 atom stereocenters. The Morgan fingerprint density at radius 3 is 3.00 bits per heavy atom. The van der Waals surface area contributed by atoms with Gasteiger partial charge in [0.25, 0.3) is 0 Å². The van der Waals surface area contributed by atoms with Gasteiger partial charge in [-0.15, -0.1) is 5.10 Å². The Morgan fingerprint density at radius 1 is 1.38 bits per heavy atom. The summed E-state index contributed by atoms with van der Waals surface area (Å²) >= 11 is 0. The van der Waals surface area contributed by atoms with E-state index in [1.165, 1.54) is 0 Å². The molecule has 1 aromatic heterocycles. The molecular weight excluding hydrogens is 170 g/mol. The summed E-state index contributed by atoms with van der Waals surface area (Å²) in [6.45, 7) is 0.801. The van der Waals surface area contributed by atoms with Gasteiger partial charge in [0.2, 0.25) is 0 Å². The van der Waals surface area contributed by atoms with Crippen molar-refractivity contribution in [2.45, 2.75) is 32.2 Å². The van der Waals surface area contributed by atoms with Crippen LogP contribution in [0, 0.1) is 0 Å². The number of hydrogen-bond donors (Lipinski definition) is 1. The van der Waals surface area contributed by atoms with Gasteiger partial charge in [-0.25, -0.2) is 9.48 Å². The van der Waals surface area contributed by atoms with Crippen LogP contribution in [-0.4, -0.2) is 26.1 Å². The summed E-state index contributed by atoms with van der Waals surface area (Å²) in [5.41, 5.74) is 0.909. The lowest BCUT2D eigenvalue weighted by atomic mass is 10.1. The molecule has 0 saturated carbocycles. The molecule has 2 heterocycles. The molecule has 0 spiro atoms. The second kappa shape index (κ2) is 3.16. The molecule has 5 nitrogen and oxygen atoms in total. The molecule has 0 amide bonds. The summed E-state index contributed by atoms with van der Waals surface area (Å²) in [4.78, 5) is 10.7. The lowest BCUT2D eigenvalue weighted by molar-refractivity contribution is 0.0689. The molecular formula is C8H11N3O2. The van der Waals surface area contributed by atoms with E-state index in [1.54, 1.807) is 4.68 Å². The number of carbonyl (C=O) groups is 1. The van der Waals surface area contributed by atoms with Crippen LogP contribution in [-0.2, 0) is 13.0 Å².